The van der Waals surface area contributed by atoms with Gasteiger partial charge in [-0.2, -0.15) is 0 Å². The highest BCUT2D eigenvalue weighted by Crippen LogP contribution is 2.15. The standard InChI is InChI=1S/C13H25N3O2.ClH/c17-13(11-12-3-1-2-10-18-12)15-6-9-16-7-4-14-5-8-16;/h12,14H,1-11H2,(H,15,17);1H. The van der Waals surface area contributed by atoms with Gasteiger partial charge in [-0.15, -0.1) is 12.4 Å². The van der Waals surface area contributed by atoms with Gasteiger partial charge in [-0.05, 0) is 19.3 Å². The van der Waals surface area contributed by atoms with E-state index >= 15 is 0 Å². The molecule has 2 fully saturated rings. The third kappa shape index (κ3) is 6.56. The Labute approximate surface area is 121 Å². The van der Waals surface area contributed by atoms with Crippen LogP contribution < -0.4 is 10.6 Å². The number of nitrogens with one attached hydrogen (secondary N) is 2. The fourth-order valence-corrected chi connectivity index (χ4v) is 2.54. The number of hydrogen-bond donors (Lipinski definition) is 2. The molecular weight excluding hydrogens is 266 g/mol. The molecule has 112 valence electrons. The quantitative estimate of drug-likeness (QED) is 0.769. The molecule has 0 aromatic carbocycles. The molecule has 0 spiro atoms. The molecule has 2 rings (SSSR count). The van der Waals surface area contributed by atoms with E-state index in [1.54, 1.807) is 0 Å². The van der Waals surface area contributed by atoms with E-state index < -0.39 is 0 Å². The minimum absolute atomic E-state index is 0. The van der Waals surface area contributed by atoms with Gasteiger partial charge in [0.15, 0.2) is 0 Å². The Hall–Kier alpha value is -0.360. The van der Waals surface area contributed by atoms with Gasteiger partial charge in [0.25, 0.3) is 0 Å². The van der Waals surface area contributed by atoms with Crippen molar-refractivity contribution >= 4 is 18.3 Å². The highest BCUT2D eigenvalue weighted by Gasteiger charge is 2.17. The lowest BCUT2D eigenvalue weighted by molar-refractivity contribution is -0.124. The zero-order valence-electron chi connectivity index (χ0n) is 11.5. The van der Waals surface area contributed by atoms with Gasteiger partial charge in [-0.1, -0.05) is 0 Å². The van der Waals surface area contributed by atoms with Gasteiger partial charge in [-0.3, -0.25) is 9.69 Å². The van der Waals surface area contributed by atoms with Crippen LogP contribution in [0.3, 0.4) is 0 Å². The minimum Gasteiger partial charge on any atom is -0.378 e. The van der Waals surface area contributed by atoms with Crippen LogP contribution in [0.4, 0.5) is 0 Å². The molecule has 0 aromatic rings. The fraction of sp³-hybridized carbons (Fsp3) is 0.923. The van der Waals surface area contributed by atoms with Crippen LogP contribution in [0.1, 0.15) is 25.7 Å². The SMILES string of the molecule is Cl.O=C(CC1CCCCO1)NCCN1CCNCC1. The first-order chi connectivity index (χ1) is 8.84. The Morgan fingerprint density at radius 1 is 1.32 bits per heavy atom. The lowest BCUT2D eigenvalue weighted by Crippen LogP contribution is -2.46. The third-order valence-corrected chi connectivity index (χ3v) is 3.65. The molecule has 0 aromatic heterocycles. The second-order valence-corrected chi connectivity index (χ2v) is 5.13. The number of piperazine rings is 1. The molecule has 1 atom stereocenters. The molecule has 0 radical (unpaired) electrons. The monoisotopic (exact) mass is 291 g/mol. The number of rotatable bonds is 5. The number of carbonyl (C=O) groups is 1. The summed E-state index contributed by atoms with van der Waals surface area (Å²) >= 11 is 0. The average Bonchev–Trinajstić information content (AvgIpc) is 2.41. The van der Waals surface area contributed by atoms with Crippen LogP contribution in [0, 0.1) is 0 Å². The number of halogens is 1. The van der Waals surface area contributed by atoms with Crippen molar-refractivity contribution in [3.8, 4) is 0 Å². The maximum absolute atomic E-state index is 11.7. The van der Waals surface area contributed by atoms with Gasteiger partial charge in [0.1, 0.15) is 0 Å². The van der Waals surface area contributed by atoms with Gasteiger partial charge >= 0.3 is 0 Å². The first-order valence-corrected chi connectivity index (χ1v) is 7.16. The molecule has 2 saturated heterocycles. The van der Waals surface area contributed by atoms with Crippen LogP contribution in [0.25, 0.3) is 0 Å². The van der Waals surface area contributed by atoms with Crippen LogP contribution in [0.2, 0.25) is 0 Å². The van der Waals surface area contributed by atoms with Gasteiger partial charge < -0.3 is 15.4 Å². The number of amides is 1. The van der Waals surface area contributed by atoms with Crippen LogP contribution >= 0.6 is 12.4 Å². The van der Waals surface area contributed by atoms with Gasteiger partial charge in [0.05, 0.1) is 12.5 Å². The maximum atomic E-state index is 11.7. The molecular formula is C13H26ClN3O2. The summed E-state index contributed by atoms with van der Waals surface area (Å²) in [6.07, 6.45) is 4.05. The summed E-state index contributed by atoms with van der Waals surface area (Å²) in [4.78, 5) is 14.1. The van der Waals surface area contributed by atoms with Gasteiger partial charge in [-0.25, -0.2) is 0 Å². The third-order valence-electron chi connectivity index (χ3n) is 3.65. The lowest BCUT2D eigenvalue weighted by atomic mass is 10.1. The number of hydrogen-bond acceptors (Lipinski definition) is 4. The van der Waals surface area contributed by atoms with Gasteiger partial charge in [0, 0.05) is 45.9 Å². The Balaban J connectivity index is 0.00000180. The molecule has 0 saturated carbocycles. The summed E-state index contributed by atoms with van der Waals surface area (Å²) in [5.41, 5.74) is 0. The van der Waals surface area contributed by atoms with Crippen LogP contribution in [0.15, 0.2) is 0 Å². The van der Waals surface area contributed by atoms with E-state index in [1.165, 1.54) is 6.42 Å². The Morgan fingerprint density at radius 3 is 2.79 bits per heavy atom. The summed E-state index contributed by atoms with van der Waals surface area (Å²) in [6.45, 7) is 6.82. The van der Waals surface area contributed by atoms with Crippen molar-refractivity contribution in [2.75, 3.05) is 45.9 Å². The molecule has 1 amide bonds. The van der Waals surface area contributed by atoms with Crippen molar-refractivity contribution in [2.24, 2.45) is 0 Å². The van der Waals surface area contributed by atoms with Crippen molar-refractivity contribution < 1.29 is 9.53 Å². The molecule has 0 bridgehead atoms. The summed E-state index contributed by atoms with van der Waals surface area (Å²) in [5.74, 6) is 0.136. The summed E-state index contributed by atoms with van der Waals surface area (Å²) in [7, 11) is 0. The number of carbonyl (C=O) groups excluding carboxylic acids is 1. The molecule has 19 heavy (non-hydrogen) atoms. The summed E-state index contributed by atoms with van der Waals surface area (Å²) in [6, 6.07) is 0. The second-order valence-electron chi connectivity index (χ2n) is 5.13. The van der Waals surface area contributed by atoms with E-state index in [4.69, 9.17) is 4.74 Å². The van der Waals surface area contributed by atoms with E-state index in [9.17, 15) is 4.79 Å². The minimum atomic E-state index is 0. The van der Waals surface area contributed by atoms with E-state index in [2.05, 4.69) is 15.5 Å². The molecule has 2 aliphatic rings. The fourth-order valence-electron chi connectivity index (χ4n) is 2.54. The molecule has 1 unspecified atom stereocenters. The molecule has 2 N–H and O–H groups in total. The Kier molecular flexibility index (Phi) is 8.37. The predicted molar refractivity (Wildman–Crippen MR) is 77.8 cm³/mol. The van der Waals surface area contributed by atoms with Crippen molar-refractivity contribution in [3.05, 3.63) is 0 Å². The van der Waals surface area contributed by atoms with E-state index in [0.29, 0.717) is 6.42 Å². The number of ether oxygens (including phenoxy) is 1. The molecule has 2 heterocycles. The zero-order chi connectivity index (χ0) is 12.6. The number of nitrogens with zero attached hydrogens (tertiary/aromatic N) is 1. The predicted octanol–water partition coefficient (Wildman–Crippen LogP) is 0.389. The molecule has 5 nitrogen and oxygen atoms in total. The first kappa shape index (κ1) is 16.7. The van der Waals surface area contributed by atoms with E-state index in [0.717, 1.165) is 58.7 Å². The van der Waals surface area contributed by atoms with Gasteiger partial charge in [0.2, 0.25) is 5.91 Å². The molecule has 0 aliphatic carbocycles. The smallest absolute Gasteiger partial charge is 0.222 e. The van der Waals surface area contributed by atoms with Crippen LogP contribution in [0.5, 0.6) is 0 Å². The first-order valence-electron chi connectivity index (χ1n) is 7.16. The second kappa shape index (κ2) is 9.53. The average molecular weight is 292 g/mol. The largest absolute Gasteiger partial charge is 0.378 e. The highest BCUT2D eigenvalue weighted by atomic mass is 35.5. The topological polar surface area (TPSA) is 53.6 Å². The van der Waals surface area contributed by atoms with Crippen LogP contribution in [-0.4, -0.2) is 62.8 Å². The zero-order valence-corrected chi connectivity index (χ0v) is 12.3. The Morgan fingerprint density at radius 2 is 2.11 bits per heavy atom. The normalized spacial score (nSPS) is 24.5. The van der Waals surface area contributed by atoms with Crippen LogP contribution in [-0.2, 0) is 9.53 Å². The summed E-state index contributed by atoms with van der Waals surface area (Å²) in [5, 5.41) is 6.32. The van der Waals surface area contributed by atoms with Crippen molar-refractivity contribution in [1.82, 2.24) is 15.5 Å². The summed E-state index contributed by atoms with van der Waals surface area (Å²) < 4.78 is 5.57. The van der Waals surface area contributed by atoms with Crippen molar-refractivity contribution in [1.29, 1.82) is 0 Å². The highest BCUT2D eigenvalue weighted by molar-refractivity contribution is 5.85. The maximum Gasteiger partial charge on any atom is 0.222 e. The molecule has 2 aliphatic heterocycles. The Bertz CT molecular complexity index is 254. The van der Waals surface area contributed by atoms with Crippen molar-refractivity contribution in [3.63, 3.8) is 0 Å². The van der Waals surface area contributed by atoms with E-state index in [-0.39, 0.29) is 24.4 Å². The van der Waals surface area contributed by atoms with Crippen molar-refractivity contribution in [2.45, 2.75) is 31.8 Å². The molecule has 6 heteroatoms. The van der Waals surface area contributed by atoms with E-state index in [1.807, 2.05) is 0 Å². The lowest BCUT2D eigenvalue weighted by Gasteiger charge is -2.27.